The van der Waals surface area contributed by atoms with E-state index in [9.17, 15) is 14.4 Å². The molecule has 0 saturated heterocycles. The van der Waals surface area contributed by atoms with Crippen LogP contribution in [0.4, 0.5) is 0 Å². The van der Waals surface area contributed by atoms with E-state index in [0.29, 0.717) is 19.3 Å². The van der Waals surface area contributed by atoms with Gasteiger partial charge in [0, 0.05) is 31.8 Å². The van der Waals surface area contributed by atoms with Gasteiger partial charge in [0.25, 0.3) is 0 Å². The molecule has 0 heterocycles. The number of hydrazine groups is 1. The fourth-order valence-corrected chi connectivity index (χ4v) is 3.36. The molecule has 1 aromatic rings. The number of nitrogens with one attached hydrogen (secondary N) is 2. The van der Waals surface area contributed by atoms with Crippen LogP contribution in [0, 0.1) is 17.8 Å². The summed E-state index contributed by atoms with van der Waals surface area (Å²) in [6.07, 6.45) is 2.75. The van der Waals surface area contributed by atoms with Crippen LogP contribution in [0.1, 0.15) is 64.9 Å². The first-order chi connectivity index (χ1) is 13.7. The van der Waals surface area contributed by atoms with E-state index < -0.39 is 5.92 Å². The maximum Gasteiger partial charge on any atom is 0.241 e. The van der Waals surface area contributed by atoms with Crippen molar-refractivity contribution in [2.24, 2.45) is 17.8 Å². The molecule has 0 fully saturated rings. The van der Waals surface area contributed by atoms with E-state index in [1.807, 2.05) is 32.0 Å². The van der Waals surface area contributed by atoms with Crippen molar-refractivity contribution in [2.75, 3.05) is 14.1 Å². The number of amides is 3. The number of nitrogens with zero attached hydrogens (tertiary/aromatic N) is 1. The lowest BCUT2D eigenvalue weighted by Gasteiger charge is -2.27. The molecule has 3 amide bonds. The fraction of sp³-hybridized carbons (Fsp3) is 0.609. The Labute approximate surface area is 175 Å². The second-order valence-corrected chi connectivity index (χ2v) is 8.11. The van der Waals surface area contributed by atoms with E-state index >= 15 is 0 Å². The maximum atomic E-state index is 12.8. The first-order valence-electron chi connectivity index (χ1n) is 10.6. The fourth-order valence-electron chi connectivity index (χ4n) is 3.36. The standard InChI is InChI=1S/C23H37N3O3/c1-7-16(3)21(27)24-25-22(28)17(4)14-20(23(29)26(5)6)15-18(8-2)19-12-10-9-11-13-19/h9-13,16-18,20H,7-8,14-15H2,1-6H3,(H,24,27)(H,25,28). The van der Waals surface area contributed by atoms with Gasteiger partial charge < -0.3 is 4.90 Å². The summed E-state index contributed by atoms with van der Waals surface area (Å²) < 4.78 is 0. The zero-order chi connectivity index (χ0) is 22.0. The summed E-state index contributed by atoms with van der Waals surface area (Å²) >= 11 is 0. The van der Waals surface area contributed by atoms with Crippen LogP contribution in [-0.2, 0) is 14.4 Å². The van der Waals surface area contributed by atoms with Crippen molar-refractivity contribution in [3.63, 3.8) is 0 Å². The van der Waals surface area contributed by atoms with Gasteiger partial charge in [-0.25, -0.2) is 0 Å². The lowest BCUT2D eigenvalue weighted by Crippen LogP contribution is -2.46. The molecular weight excluding hydrogens is 366 g/mol. The smallest absolute Gasteiger partial charge is 0.241 e. The average Bonchev–Trinajstić information content (AvgIpc) is 2.73. The van der Waals surface area contributed by atoms with Crippen LogP contribution < -0.4 is 10.9 Å². The van der Waals surface area contributed by atoms with Crippen molar-refractivity contribution in [1.29, 1.82) is 0 Å². The molecule has 2 N–H and O–H groups in total. The molecule has 0 aliphatic carbocycles. The van der Waals surface area contributed by atoms with Gasteiger partial charge in [-0.3, -0.25) is 25.2 Å². The molecule has 6 heteroatoms. The van der Waals surface area contributed by atoms with E-state index in [-0.39, 0.29) is 35.5 Å². The quantitative estimate of drug-likeness (QED) is 0.587. The SMILES string of the molecule is CCC(C)C(=O)NNC(=O)C(C)CC(CC(CC)c1ccccc1)C(=O)N(C)C. The molecule has 1 rings (SSSR count). The molecule has 0 aromatic heterocycles. The summed E-state index contributed by atoms with van der Waals surface area (Å²) in [7, 11) is 3.49. The molecule has 4 atom stereocenters. The molecule has 0 radical (unpaired) electrons. The van der Waals surface area contributed by atoms with Crippen molar-refractivity contribution >= 4 is 17.7 Å². The minimum Gasteiger partial charge on any atom is -0.349 e. The normalized spacial score (nSPS) is 15.0. The monoisotopic (exact) mass is 403 g/mol. The molecule has 162 valence electrons. The zero-order valence-corrected chi connectivity index (χ0v) is 18.7. The lowest BCUT2D eigenvalue weighted by molar-refractivity contribution is -0.136. The van der Waals surface area contributed by atoms with Gasteiger partial charge in [0.1, 0.15) is 0 Å². The van der Waals surface area contributed by atoms with Crippen molar-refractivity contribution in [2.45, 2.75) is 59.3 Å². The second-order valence-electron chi connectivity index (χ2n) is 8.11. The van der Waals surface area contributed by atoms with Crippen LogP contribution in [-0.4, -0.2) is 36.7 Å². The Balaban J connectivity index is 2.80. The lowest BCUT2D eigenvalue weighted by atomic mass is 9.82. The summed E-state index contributed by atoms with van der Waals surface area (Å²) in [6, 6.07) is 10.2. The Morgan fingerprint density at radius 3 is 1.90 bits per heavy atom. The van der Waals surface area contributed by atoms with Gasteiger partial charge in [0.2, 0.25) is 17.7 Å². The number of hydrogen-bond donors (Lipinski definition) is 2. The van der Waals surface area contributed by atoms with Crippen LogP contribution in [0.2, 0.25) is 0 Å². The summed E-state index contributed by atoms with van der Waals surface area (Å²) in [5.41, 5.74) is 6.20. The topological polar surface area (TPSA) is 78.5 Å². The van der Waals surface area contributed by atoms with Gasteiger partial charge >= 0.3 is 0 Å². The van der Waals surface area contributed by atoms with Gasteiger partial charge in [-0.1, -0.05) is 58.0 Å². The van der Waals surface area contributed by atoms with Crippen LogP contribution in [0.5, 0.6) is 0 Å². The molecule has 0 aliphatic rings. The molecule has 0 saturated carbocycles. The molecule has 1 aromatic carbocycles. The van der Waals surface area contributed by atoms with E-state index in [4.69, 9.17) is 0 Å². The van der Waals surface area contributed by atoms with E-state index in [1.54, 1.807) is 25.9 Å². The van der Waals surface area contributed by atoms with Crippen LogP contribution in [0.3, 0.4) is 0 Å². The first-order valence-corrected chi connectivity index (χ1v) is 10.6. The first kappa shape index (κ1) is 24.7. The van der Waals surface area contributed by atoms with Gasteiger partial charge in [0.05, 0.1) is 0 Å². The third kappa shape index (κ3) is 7.87. The molecule has 0 spiro atoms. The number of hydrogen-bond acceptors (Lipinski definition) is 3. The number of rotatable bonds is 10. The number of carbonyl (C=O) groups excluding carboxylic acids is 3. The summed E-state index contributed by atoms with van der Waals surface area (Å²) in [5.74, 6) is -1.01. The molecular formula is C23H37N3O3. The Kier molecular flexibility index (Phi) is 10.4. The van der Waals surface area contributed by atoms with Gasteiger partial charge in [0.15, 0.2) is 0 Å². The van der Waals surface area contributed by atoms with E-state index in [1.165, 1.54) is 5.56 Å². The highest BCUT2D eigenvalue weighted by molar-refractivity contribution is 5.85. The third-order valence-corrected chi connectivity index (χ3v) is 5.58. The number of carbonyl (C=O) groups is 3. The van der Waals surface area contributed by atoms with E-state index in [0.717, 1.165) is 6.42 Å². The Hall–Kier alpha value is -2.37. The Morgan fingerprint density at radius 1 is 0.862 bits per heavy atom. The number of benzene rings is 1. The second kappa shape index (κ2) is 12.2. The highest BCUT2D eigenvalue weighted by Gasteiger charge is 2.28. The highest BCUT2D eigenvalue weighted by Crippen LogP contribution is 2.31. The molecule has 6 nitrogen and oxygen atoms in total. The summed E-state index contributed by atoms with van der Waals surface area (Å²) in [6.45, 7) is 7.65. The minimum absolute atomic E-state index is 0.0303. The minimum atomic E-state index is -0.394. The predicted molar refractivity (Wildman–Crippen MR) is 116 cm³/mol. The summed E-state index contributed by atoms with van der Waals surface area (Å²) in [4.78, 5) is 38.7. The van der Waals surface area contributed by atoms with E-state index in [2.05, 4.69) is 29.9 Å². The maximum absolute atomic E-state index is 12.8. The van der Waals surface area contributed by atoms with Crippen molar-refractivity contribution < 1.29 is 14.4 Å². The largest absolute Gasteiger partial charge is 0.349 e. The van der Waals surface area contributed by atoms with Crippen molar-refractivity contribution in [1.82, 2.24) is 15.8 Å². The molecule has 0 aliphatic heterocycles. The van der Waals surface area contributed by atoms with Crippen LogP contribution in [0.15, 0.2) is 30.3 Å². The van der Waals surface area contributed by atoms with Gasteiger partial charge in [-0.05, 0) is 37.2 Å². The molecule has 4 unspecified atom stereocenters. The van der Waals surface area contributed by atoms with Crippen molar-refractivity contribution in [3.8, 4) is 0 Å². The molecule has 0 bridgehead atoms. The van der Waals surface area contributed by atoms with Crippen molar-refractivity contribution in [3.05, 3.63) is 35.9 Å². The predicted octanol–water partition coefficient (Wildman–Crippen LogP) is 3.49. The van der Waals surface area contributed by atoms with Gasteiger partial charge in [-0.15, -0.1) is 0 Å². The van der Waals surface area contributed by atoms with Crippen LogP contribution in [0.25, 0.3) is 0 Å². The third-order valence-electron chi connectivity index (χ3n) is 5.58. The Morgan fingerprint density at radius 2 is 1.41 bits per heavy atom. The zero-order valence-electron chi connectivity index (χ0n) is 18.7. The summed E-state index contributed by atoms with van der Waals surface area (Å²) in [5, 5.41) is 0. The highest BCUT2D eigenvalue weighted by atomic mass is 16.2. The Bertz CT molecular complexity index is 661. The van der Waals surface area contributed by atoms with Gasteiger partial charge in [-0.2, -0.15) is 0 Å². The van der Waals surface area contributed by atoms with Crippen LogP contribution >= 0.6 is 0 Å². The molecule has 29 heavy (non-hydrogen) atoms. The average molecular weight is 404 g/mol.